The molecule has 3 heterocycles. The third-order valence-electron chi connectivity index (χ3n) is 8.59. The van der Waals surface area contributed by atoms with Gasteiger partial charge in [-0.25, -0.2) is 5.06 Å². The second kappa shape index (κ2) is 11.9. The van der Waals surface area contributed by atoms with Crippen LogP contribution < -0.4 is 5.32 Å². The van der Waals surface area contributed by atoms with Crippen molar-refractivity contribution in [3.63, 3.8) is 0 Å². The van der Waals surface area contributed by atoms with Crippen LogP contribution >= 0.6 is 0 Å². The number of fused-ring (bicyclic) bond motifs is 4. The van der Waals surface area contributed by atoms with Gasteiger partial charge in [-0.05, 0) is 80.3 Å². The van der Waals surface area contributed by atoms with E-state index in [0.717, 1.165) is 49.4 Å². The molecule has 2 aromatic rings. The number of nitrogens with one attached hydrogen (secondary N) is 1. The van der Waals surface area contributed by atoms with Crippen molar-refractivity contribution in [1.82, 2.24) is 15.3 Å². The monoisotopic (exact) mass is 489 g/mol. The van der Waals surface area contributed by atoms with Crippen LogP contribution in [0, 0.1) is 5.92 Å². The molecule has 2 saturated heterocycles. The Kier molecular flexibility index (Phi) is 8.40. The molecule has 1 N–H and O–H groups in total. The number of nitrogens with zero attached hydrogens (tertiary/aromatic N) is 2. The van der Waals surface area contributed by atoms with Gasteiger partial charge in [-0.3, -0.25) is 14.5 Å². The minimum Gasteiger partial charge on any atom is -0.314 e. The highest BCUT2D eigenvalue weighted by atomic mass is 16.7. The van der Waals surface area contributed by atoms with Gasteiger partial charge in [-0.1, -0.05) is 62.6 Å². The molecule has 1 amide bonds. The van der Waals surface area contributed by atoms with Gasteiger partial charge in [-0.2, -0.15) is 0 Å². The molecule has 0 saturated carbocycles. The summed E-state index contributed by atoms with van der Waals surface area (Å²) in [5.41, 5.74) is 4.59. The lowest BCUT2D eigenvalue weighted by atomic mass is 9.77. The Labute approximate surface area is 217 Å². The summed E-state index contributed by atoms with van der Waals surface area (Å²) in [5.74, 6) is 0.754. The van der Waals surface area contributed by atoms with Crippen molar-refractivity contribution in [1.29, 1.82) is 0 Å². The minimum atomic E-state index is -0.149. The van der Waals surface area contributed by atoms with Crippen LogP contribution in [0.25, 0.3) is 0 Å². The van der Waals surface area contributed by atoms with E-state index in [0.29, 0.717) is 18.7 Å². The van der Waals surface area contributed by atoms with E-state index in [-0.39, 0.29) is 11.9 Å². The first kappa shape index (κ1) is 25.4. The van der Waals surface area contributed by atoms with Crippen LogP contribution in [-0.4, -0.2) is 48.2 Å². The molecule has 0 bridgehead atoms. The highest BCUT2D eigenvalue weighted by Crippen LogP contribution is 2.41. The molecule has 3 aliphatic rings. The lowest BCUT2D eigenvalue weighted by Gasteiger charge is -2.49. The maximum atomic E-state index is 13.8. The van der Waals surface area contributed by atoms with Crippen LogP contribution in [0.5, 0.6) is 0 Å². The standard InChI is InChI=1S/C31H43N3O2/c1-3-4-5-9-19-36-34(23(2)24-11-7-6-8-12-24)31(35)26-14-15-28-25(20-26)16-18-33-22-27-13-10-17-32-29(27)21-30(28)33/h6-8,11-12,14-15,20,23,27,29-30,32H,3-5,9-10,13,16-19,21-22H2,1-2H3/t23-,27+,29-,30-/m1/s1. The van der Waals surface area contributed by atoms with Crippen LogP contribution in [0.3, 0.4) is 0 Å². The molecule has 5 nitrogen and oxygen atoms in total. The summed E-state index contributed by atoms with van der Waals surface area (Å²) in [4.78, 5) is 22.7. The number of carbonyl (C=O) groups excluding carboxylic acids is 1. The zero-order valence-corrected chi connectivity index (χ0v) is 22.1. The molecule has 0 aromatic heterocycles. The smallest absolute Gasteiger partial charge is 0.278 e. The van der Waals surface area contributed by atoms with Gasteiger partial charge in [-0.15, -0.1) is 0 Å². The number of hydrogen-bond donors (Lipinski definition) is 1. The molecule has 36 heavy (non-hydrogen) atoms. The fraction of sp³-hybridized carbons (Fsp3) is 0.581. The maximum absolute atomic E-state index is 13.8. The van der Waals surface area contributed by atoms with Crippen LogP contribution in [0.15, 0.2) is 48.5 Å². The molecule has 4 atom stereocenters. The second-order valence-electron chi connectivity index (χ2n) is 11.0. The average Bonchev–Trinajstić information content (AvgIpc) is 2.93. The summed E-state index contributed by atoms with van der Waals surface area (Å²) in [7, 11) is 0. The van der Waals surface area contributed by atoms with Gasteiger partial charge in [0.25, 0.3) is 5.91 Å². The third kappa shape index (κ3) is 5.53. The fourth-order valence-corrected chi connectivity index (χ4v) is 6.48. The quantitative estimate of drug-likeness (QED) is 0.343. The summed E-state index contributed by atoms with van der Waals surface area (Å²) in [6.45, 7) is 8.29. The van der Waals surface area contributed by atoms with Crippen LogP contribution in [0.4, 0.5) is 0 Å². The minimum absolute atomic E-state index is 0.0373. The predicted octanol–water partition coefficient (Wildman–Crippen LogP) is 6.07. The van der Waals surface area contributed by atoms with Gasteiger partial charge in [0.1, 0.15) is 0 Å². The molecule has 3 aliphatic heterocycles. The molecule has 194 valence electrons. The van der Waals surface area contributed by atoms with E-state index in [1.165, 1.54) is 49.8 Å². The Balaban J connectivity index is 1.34. The Morgan fingerprint density at radius 3 is 2.86 bits per heavy atom. The molecule has 2 aromatic carbocycles. The van der Waals surface area contributed by atoms with Crippen LogP contribution in [0.2, 0.25) is 0 Å². The number of piperidine rings is 2. The van der Waals surface area contributed by atoms with Gasteiger partial charge in [0.05, 0.1) is 12.6 Å². The Morgan fingerprint density at radius 1 is 1.17 bits per heavy atom. The molecular formula is C31H43N3O2. The van der Waals surface area contributed by atoms with Gasteiger partial charge in [0.2, 0.25) is 0 Å². The summed E-state index contributed by atoms with van der Waals surface area (Å²) in [6, 6.07) is 17.6. The number of carbonyl (C=O) groups is 1. The highest BCUT2D eigenvalue weighted by molar-refractivity contribution is 5.94. The van der Waals surface area contributed by atoms with E-state index >= 15 is 0 Å². The fourth-order valence-electron chi connectivity index (χ4n) is 6.48. The second-order valence-corrected chi connectivity index (χ2v) is 11.0. The lowest BCUT2D eigenvalue weighted by Crippen LogP contribution is -2.54. The molecule has 0 aliphatic carbocycles. The van der Waals surface area contributed by atoms with Crippen molar-refractivity contribution < 1.29 is 9.63 Å². The Morgan fingerprint density at radius 2 is 2.03 bits per heavy atom. The van der Waals surface area contributed by atoms with E-state index in [1.807, 2.05) is 24.3 Å². The Hall–Kier alpha value is -2.21. The number of amides is 1. The summed E-state index contributed by atoms with van der Waals surface area (Å²) < 4.78 is 0. The van der Waals surface area contributed by atoms with Gasteiger partial charge >= 0.3 is 0 Å². The number of hydroxylamine groups is 2. The van der Waals surface area contributed by atoms with E-state index in [9.17, 15) is 4.79 Å². The SMILES string of the molecule is CCCCCCON(C(=O)c1ccc2c(c1)CCN1C[C@@H]3CCCN[C@@H]3C[C@H]21)[C@H](C)c1ccccc1. The number of rotatable bonds is 9. The molecule has 5 rings (SSSR count). The maximum Gasteiger partial charge on any atom is 0.278 e. The van der Waals surface area contributed by atoms with E-state index in [1.54, 1.807) is 5.06 Å². The first-order valence-corrected chi connectivity index (χ1v) is 14.3. The van der Waals surface area contributed by atoms with Gasteiger partial charge in [0, 0.05) is 30.7 Å². The van der Waals surface area contributed by atoms with Crippen LogP contribution in [0.1, 0.15) is 97.9 Å². The van der Waals surface area contributed by atoms with Gasteiger partial charge in [0.15, 0.2) is 0 Å². The molecule has 0 unspecified atom stereocenters. The van der Waals surface area contributed by atoms with E-state index in [2.05, 4.69) is 48.3 Å². The topological polar surface area (TPSA) is 44.8 Å². The third-order valence-corrected chi connectivity index (χ3v) is 8.59. The molecule has 0 spiro atoms. The van der Waals surface area contributed by atoms with Crippen molar-refractivity contribution >= 4 is 5.91 Å². The zero-order valence-electron chi connectivity index (χ0n) is 22.1. The van der Waals surface area contributed by atoms with Crippen molar-refractivity contribution in [2.24, 2.45) is 5.92 Å². The van der Waals surface area contributed by atoms with Crippen molar-refractivity contribution in [3.05, 3.63) is 70.8 Å². The summed E-state index contributed by atoms with van der Waals surface area (Å²) >= 11 is 0. The zero-order chi connectivity index (χ0) is 24.9. The predicted molar refractivity (Wildman–Crippen MR) is 145 cm³/mol. The highest BCUT2D eigenvalue weighted by Gasteiger charge is 2.39. The van der Waals surface area contributed by atoms with Gasteiger partial charge < -0.3 is 5.32 Å². The normalized spacial score (nSPS) is 24.3. The largest absolute Gasteiger partial charge is 0.314 e. The Bertz CT molecular complexity index is 1010. The summed E-state index contributed by atoms with van der Waals surface area (Å²) in [5, 5.41) is 5.41. The molecule has 2 fully saturated rings. The molecular weight excluding hydrogens is 446 g/mol. The number of benzene rings is 2. The average molecular weight is 490 g/mol. The van der Waals surface area contributed by atoms with E-state index < -0.39 is 0 Å². The van der Waals surface area contributed by atoms with Crippen molar-refractivity contribution in [3.8, 4) is 0 Å². The molecule has 0 radical (unpaired) electrons. The van der Waals surface area contributed by atoms with Crippen molar-refractivity contribution in [2.75, 3.05) is 26.2 Å². The summed E-state index contributed by atoms with van der Waals surface area (Å²) in [6.07, 6.45) is 9.35. The first-order chi connectivity index (χ1) is 17.7. The van der Waals surface area contributed by atoms with E-state index in [4.69, 9.17) is 4.84 Å². The molecule has 5 heteroatoms. The number of hydrogen-bond acceptors (Lipinski definition) is 4. The van der Waals surface area contributed by atoms with Crippen molar-refractivity contribution in [2.45, 2.75) is 83.3 Å². The van der Waals surface area contributed by atoms with Crippen LogP contribution in [-0.2, 0) is 11.3 Å². The first-order valence-electron chi connectivity index (χ1n) is 14.3. The lowest BCUT2D eigenvalue weighted by molar-refractivity contribution is -0.148. The number of unbranched alkanes of at least 4 members (excludes halogenated alkanes) is 3.